The van der Waals surface area contributed by atoms with Gasteiger partial charge in [-0.2, -0.15) is 0 Å². The van der Waals surface area contributed by atoms with Gasteiger partial charge < -0.3 is 14.8 Å². The minimum atomic E-state index is -0.0731. The first kappa shape index (κ1) is 15.1. The van der Waals surface area contributed by atoms with E-state index in [0.29, 0.717) is 19.1 Å². The molecule has 2 rings (SSSR count). The van der Waals surface area contributed by atoms with Crippen molar-refractivity contribution in [3.05, 3.63) is 23.8 Å². The molecule has 0 spiro atoms. The molecular formula is C15H20ClNO3. The molecule has 0 bridgehead atoms. The molecule has 0 radical (unpaired) electrons. The molecule has 1 saturated heterocycles. The van der Waals surface area contributed by atoms with Gasteiger partial charge >= 0.3 is 0 Å². The van der Waals surface area contributed by atoms with Crippen LogP contribution in [-0.2, 0) is 15.4 Å². The molecule has 1 fully saturated rings. The number of hydrogen-bond donors (Lipinski definition) is 1. The molecule has 110 valence electrons. The molecule has 1 aliphatic heterocycles. The lowest BCUT2D eigenvalue weighted by atomic mass is 10.1. The van der Waals surface area contributed by atoms with Gasteiger partial charge in [0.05, 0.1) is 31.1 Å². The van der Waals surface area contributed by atoms with E-state index in [1.54, 1.807) is 0 Å². The maximum Gasteiger partial charge on any atom is 0.229 e. The van der Waals surface area contributed by atoms with Crippen LogP contribution in [0.2, 0.25) is 0 Å². The molecule has 1 N–H and O–H groups in total. The van der Waals surface area contributed by atoms with E-state index in [9.17, 15) is 4.79 Å². The lowest BCUT2D eigenvalue weighted by molar-refractivity contribution is -0.119. The normalized spacial score (nSPS) is 21.8. The van der Waals surface area contributed by atoms with Gasteiger partial charge in [-0.25, -0.2) is 0 Å². The van der Waals surface area contributed by atoms with Crippen molar-refractivity contribution in [2.45, 2.75) is 32.3 Å². The van der Waals surface area contributed by atoms with Crippen molar-refractivity contribution in [1.29, 1.82) is 0 Å². The lowest BCUT2D eigenvalue weighted by Gasteiger charge is -2.13. The number of anilines is 1. The van der Waals surface area contributed by atoms with Crippen LogP contribution < -0.4 is 10.1 Å². The summed E-state index contributed by atoms with van der Waals surface area (Å²) in [5.74, 6) is 1.04. The molecule has 5 heteroatoms. The second-order valence-corrected chi connectivity index (χ2v) is 5.22. The summed E-state index contributed by atoms with van der Waals surface area (Å²) in [4.78, 5) is 12.1. The van der Waals surface area contributed by atoms with Crippen LogP contribution in [0.3, 0.4) is 0 Å². The first-order valence-corrected chi connectivity index (χ1v) is 7.41. The number of hydrogen-bond acceptors (Lipinski definition) is 3. The van der Waals surface area contributed by atoms with Gasteiger partial charge in [0.1, 0.15) is 5.75 Å². The van der Waals surface area contributed by atoms with Crippen molar-refractivity contribution < 1.29 is 14.3 Å². The minimum absolute atomic E-state index is 0.000896. The van der Waals surface area contributed by atoms with Crippen molar-refractivity contribution in [3.8, 4) is 5.75 Å². The van der Waals surface area contributed by atoms with Gasteiger partial charge in [-0.1, -0.05) is 0 Å². The first-order valence-electron chi connectivity index (χ1n) is 6.88. The molecule has 0 aromatic heterocycles. The van der Waals surface area contributed by atoms with E-state index in [4.69, 9.17) is 21.1 Å². The van der Waals surface area contributed by atoms with Crippen LogP contribution in [0.5, 0.6) is 5.75 Å². The van der Waals surface area contributed by atoms with Gasteiger partial charge in [-0.05, 0) is 38.5 Å². The maximum atomic E-state index is 12.1. The fourth-order valence-electron chi connectivity index (χ4n) is 2.30. The predicted molar refractivity (Wildman–Crippen MR) is 79.3 cm³/mol. The summed E-state index contributed by atoms with van der Waals surface area (Å²) >= 11 is 5.91. The maximum absolute atomic E-state index is 12.1. The van der Waals surface area contributed by atoms with E-state index in [0.717, 1.165) is 23.4 Å². The van der Waals surface area contributed by atoms with Crippen molar-refractivity contribution in [1.82, 2.24) is 0 Å². The topological polar surface area (TPSA) is 47.6 Å². The van der Waals surface area contributed by atoms with E-state index >= 15 is 0 Å². The van der Waals surface area contributed by atoms with E-state index in [1.165, 1.54) is 0 Å². The van der Waals surface area contributed by atoms with Crippen LogP contribution in [-0.4, -0.2) is 25.2 Å². The molecule has 1 amide bonds. The third kappa shape index (κ3) is 3.64. The van der Waals surface area contributed by atoms with Crippen LogP contribution in [0.4, 0.5) is 5.69 Å². The Morgan fingerprint density at radius 3 is 2.95 bits per heavy atom. The molecule has 2 atom stereocenters. The summed E-state index contributed by atoms with van der Waals surface area (Å²) in [5, 5.41) is 2.92. The van der Waals surface area contributed by atoms with E-state index in [2.05, 4.69) is 5.32 Å². The Morgan fingerprint density at radius 1 is 1.55 bits per heavy atom. The quantitative estimate of drug-likeness (QED) is 0.849. The fraction of sp³-hybridized carbons (Fsp3) is 0.533. The highest BCUT2D eigenvalue weighted by Crippen LogP contribution is 2.26. The molecule has 1 aliphatic rings. The number of ether oxygens (including phenoxy) is 2. The van der Waals surface area contributed by atoms with Crippen molar-refractivity contribution in [2.24, 2.45) is 5.92 Å². The number of nitrogens with one attached hydrogen (secondary N) is 1. The lowest BCUT2D eigenvalue weighted by Crippen LogP contribution is -2.23. The summed E-state index contributed by atoms with van der Waals surface area (Å²) < 4.78 is 10.9. The first-order chi connectivity index (χ1) is 9.63. The molecule has 1 aromatic rings. The second-order valence-electron chi connectivity index (χ2n) is 4.95. The molecule has 1 heterocycles. The third-order valence-corrected chi connectivity index (χ3v) is 3.63. The summed E-state index contributed by atoms with van der Waals surface area (Å²) in [5.41, 5.74) is 1.62. The molecular weight excluding hydrogens is 278 g/mol. The third-order valence-electron chi connectivity index (χ3n) is 3.34. The molecule has 0 aliphatic carbocycles. The number of alkyl halides is 1. The Morgan fingerprint density at radius 2 is 2.35 bits per heavy atom. The van der Waals surface area contributed by atoms with Gasteiger partial charge in [0, 0.05) is 11.3 Å². The summed E-state index contributed by atoms with van der Waals surface area (Å²) in [6.07, 6.45) is 0.926. The second kappa shape index (κ2) is 6.95. The minimum Gasteiger partial charge on any atom is -0.494 e. The summed E-state index contributed by atoms with van der Waals surface area (Å²) in [6, 6.07) is 5.53. The van der Waals surface area contributed by atoms with Gasteiger partial charge in [0.15, 0.2) is 0 Å². The van der Waals surface area contributed by atoms with Crippen molar-refractivity contribution in [3.63, 3.8) is 0 Å². The van der Waals surface area contributed by atoms with Crippen LogP contribution >= 0.6 is 11.6 Å². The number of amides is 1. The van der Waals surface area contributed by atoms with Gasteiger partial charge in [-0.3, -0.25) is 4.79 Å². The van der Waals surface area contributed by atoms with Crippen molar-refractivity contribution in [2.75, 3.05) is 18.5 Å². The van der Waals surface area contributed by atoms with Gasteiger partial charge in [0.2, 0.25) is 5.91 Å². The largest absolute Gasteiger partial charge is 0.494 e. The van der Waals surface area contributed by atoms with Crippen molar-refractivity contribution >= 4 is 23.2 Å². The molecule has 4 nitrogen and oxygen atoms in total. The highest BCUT2D eigenvalue weighted by atomic mass is 35.5. The number of benzene rings is 1. The summed E-state index contributed by atoms with van der Waals surface area (Å²) in [7, 11) is 0. The molecule has 20 heavy (non-hydrogen) atoms. The molecule has 1 aromatic carbocycles. The molecule has 0 saturated carbocycles. The zero-order chi connectivity index (χ0) is 14.5. The number of halogens is 1. The van der Waals surface area contributed by atoms with Crippen LogP contribution in [0, 0.1) is 5.92 Å². The number of rotatable bonds is 5. The van der Waals surface area contributed by atoms with E-state index in [1.807, 2.05) is 32.0 Å². The zero-order valence-corrected chi connectivity index (χ0v) is 12.6. The van der Waals surface area contributed by atoms with Gasteiger partial charge in [-0.15, -0.1) is 11.6 Å². The Kier molecular flexibility index (Phi) is 5.26. The predicted octanol–water partition coefficient (Wildman–Crippen LogP) is 3.19. The Bertz CT molecular complexity index is 478. The van der Waals surface area contributed by atoms with E-state index < -0.39 is 0 Å². The Hall–Kier alpha value is -1.26. The number of carbonyl (C=O) groups excluding carboxylic acids is 1. The summed E-state index contributed by atoms with van der Waals surface area (Å²) in [6.45, 7) is 4.99. The smallest absolute Gasteiger partial charge is 0.229 e. The molecule has 2 unspecified atom stereocenters. The number of carbonyl (C=O) groups is 1. The van der Waals surface area contributed by atoms with Gasteiger partial charge in [0.25, 0.3) is 0 Å². The Labute approximate surface area is 124 Å². The monoisotopic (exact) mass is 297 g/mol. The average Bonchev–Trinajstić information content (AvgIpc) is 2.87. The Balaban J connectivity index is 2.04. The van der Waals surface area contributed by atoms with Crippen LogP contribution in [0.1, 0.15) is 25.8 Å². The van der Waals surface area contributed by atoms with E-state index in [-0.39, 0.29) is 17.9 Å². The average molecular weight is 298 g/mol. The van der Waals surface area contributed by atoms with Crippen LogP contribution in [0.25, 0.3) is 0 Å². The highest BCUT2D eigenvalue weighted by molar-refractivity contribution is 6.17. The SMILES string of the molecule is CCOc1ccc(NC(=O)C2COC(C)C2)cc1CCl. The zero-order valence-electron chi connectivity index (χ0n) is 11.8. The van der Waals surface area contributed by atoms with Crippen LogP contribution in [0.15, 0.2) is 18.2 Å². The standard InChI is InChI=1S/C15H20ClNO3/c1-3-19-14-5-4-13(7-11(14)8-16)17-15(18)12-6-10(2)20-9-12/h4-5,7,10,12H,3,6,8-9H2,1-2H3,(H,17,18). The fourth-order valence-corrected chi connectivity index (χ4v) is 2.51. The highest BCUT2D eigenvalue weighted by Gasteiger charge is 2.28.